The highest BCUT2D eigenvalue weighted by molar-refractivity contribution is 7.98. The van der Waals surface area contributed by atoms with Gasteiger partial charge >= 0.3 is 0 Å². The molecule has 6 nitrogen and oxygen atoms in total. The summed E-state index contributed by atoms with van der Waals surface area (Å²) in [5.41, 5.74) is 0.358. The van der Waals surface area contributed by atoms with Gasteiger partial charge in [0.15, 0.2) is 11.5 Å². The van der Waals surface area contributed by atoms with Crippen molar-refractivity contribution < 1.29 is 23.0 Å². The number of nitrogens with one attached hydrogen (secondary N) is 1. The van der Waals surface area contributed by atoms with Crippen LogP contribution in [0.1, 0.15) is 5.56 Å². The molecule has 0 saturated carbocycles. The molecule has 0 atom stereocenters. The first-order valence-electron chi connectivity index (χ1n) is 5.84. The zero-order chi connectivity index (χ0) is 15.2. The number of hydrogen-bond donors (Lipinski definition) is 2. The average molecular weight is 321 g/mol. The predicted molar refractivity (Wildman–Crippen MR) is 79.0 cm³/mol. The van der Waals surface area contributed by atoms with Crippen LogP contribution in [0.5, 0.6) is 11.5 Å². The molecule has 2 N–H and O–H groups in total. The second-order valence-corrected chi connectivity index (χ2v) is 6.62. The Morgan fingerprint density at radius 3 is 2.50 bits per heavy atom. The van der Waals surface area contributed by atoms with Crippen molar-refractivity contribution in [1.82, 2.24) is 4.72 Å². The zero-order valence-electron chi connectivity index (χ0n) is 11.7. The van der Waals surface area contributed by atoms with Crippen LogP contribution in [0.2, 0.25) is 0 Å². The molecule has 0 bridgehead atoms. The number of ether oxygens (including phenoxy) is 2. The SMILES string of the molecule is COc1cc(S(=O)(=O)NCCSC)cc(CO)c1OC. The molecule has 0 aliphatic rings. The lowest BCUT2D eigenvalue weighted by atomic mass is 10.2. The van der Waals surface area contributed by atoms with E-state index in [1.165, 1.54) is 26.4 Å². The summed E-state index contributed by atoms with van der Waals surface area (Å²) >= 11 is 1.55. The second-order valence-electron chi connectivity index (χ2n) is 3.87. The van der Waals surface area contributed by atoms with Crippen LogP contribution in [0.4, 0.5) is 0 Å². The first-order chi connectivity index (χ1) is 9.50. The highest BCUT2D eigenvalue weighted by Crippen LogP contribution is 2.34. The summed E-state index contributed by atoms with van der Waals surface area (Å²) in [4.78, 5) is 0.0419. The molecule has 0 unspecified atom stereocenters. The van der Waals surface area contributed by atoms with E-state index in [0.717, 1.165) is 0 Å². The van der Waals surface area contributed by atoms with Gasteiger partial charge in [0.05, 0.1) is 25.7 Å². The fraction of sp³-hybridized carbons (Fsp3) is 0.500. The van der Waals surface area contributed by atoms with Crippen LogP contribution in [-0.4, -0.2) is 46.3 Å². The van der Waals surface area contributed by atoms with Crippen molar-refractivity contribution in [3.63, 3.8) is 0 Å². The Balaban J connectivity index is 3.18. The highest BCUT2D eigenvalue weighted by atomic mass is 32.2. The zero-order valence-corrected chi connectivity index (χ0v) is 13.3. The Morgan fingerprint density at radius 1 is 1.30 bits per heavy atom. The van der Waals surface area contributed by atoms with E-state index in [-0.39, 0.29) is 17.3 Å². The third-order valence-corrected chi connectivity index (χ3v) is 4.66. The van der Waals surface area contributed by atoms with Gasteiger partial charge in [0.2, 0.25) is 10.0 Å². The quantitative estimate of drug-likeness (QED) is 0.690. The lowest BCUT2D eigenvalue weighted by Gasteiger charge is -2.14. The molecule has 0 heterocycles. The number of hydrogen-bond acceptors (Lipinski definition) is 6. The molecule has 20 heavy (non-hydrogen) atoms. The van der Waals surface area contributed by atoms with E-state index in [4.69, 9.17) is 9.47 Å². The summed E-state index contributed by atoms with van der Waals surface area (Å²) in [5.74, 6) is 1.28. The molecule has 0 spiro atoms. The first kappa shape index (κ1) is 17.1. The minimum Gasteiger partial charge on any atom is -0.493 e. The predicted octanol–water partition coefficient (Wildman–Crippen LogP) is 0.837. The van der Waals surface area contributed by atoms with Gasteiger partial charge in [-0.2, -0.15) is 11.8 Å². The first-order valence-corrected chi connectivity index (χ1v) is 8.72. The molecular formula is C12H19NO5S2. The molecule has 1 aromatic carbocycles. The number of methoxy groups -OCH3 is 2. The molecule has 0 radical (unpaired) electrons. The van der Waals surface area contributed by atoms with Crippen LogP contribution >= 0.6 is 11.8 Å². The van der Waals surface area contributed by atoms with Crippen molar-refractivity contribution in [2.24, 2.45) is 0 Å². The summed E-state index contributed by atoms with van der Waals surface area (Å²) in [6.45, 7) is 0.00000814. The van der Waals surface area contributed by atoms with Crippen LogP contribution < -0.4 is 14.2 Å². The standard InChI is InChI=1S/C12H19NO5S2/c1-17-11-7-10(6-9(8-14)12(11)18-2)20(15,16)13-4-5-19-3/h6-7,13-14H,4-5,8H2,1-3H3. The van der Waals surface area contributed by atoms with Gasteiger partial charge in [-0.25, -0.2) is 13.1 Å². The van der Waals surface area contributed by atoms with Crippen molar-refractivity contribution in [3.8, 4) is 11.5 Å². The summed E-state index contributed by atoms with van der Waals surface area (Å²) in [6.07, 6.45) is 1.90. The molecule has 0 aromatic heterocycles. The van der Waals surface area contributed by atoms with Gasteiger partial charge in [-0.05, 0) is 12.3 Å². The van der Waals surface area contributed by atoms with E-state index in [9.17, 15) is 13.5 Å². The van der Waals surface area contributed by atoms with E-state index >= 15 is 0 Å². The molecule has 0 aliphatic carbocycles. The van der Waals surface area contributed by atoms with E-state index in [2.05, 4.69) is 4.72 Å². The third-order valence-electron chi connectivity index (χ3n) is 2.61. The average Bonchev–Trinajstić information content (AvgIpc) is 2.45. The van der Waals surface area contributed by atoms with E-state index < -0.39 is 10.0 Å². The minimum absolute atomic E-state index is 0.0419. The fourth-order valence-electron chi connectivity index (χ4n) is 1.65. The summed E-state index contributed by atoms with van der Waals surface area (Å²) < 4.78 is 37.0. The van der Waals surface area contributed by atoms with Gasteiger partial charge in [0, 0.05) is 23.9 Å². The van der Waals surface area contributed by atoms with E-state index in [0.29, 0.717) is 23.6 Å². The van der Waals surface area contributed by atoms with Gasteiger partial charge in [-0.3, -0.25) is 0 Å². The van der Waals surface area contributed by atoms with Crippen LogP contribution in [0.15, 0.2) is 17.0 Å². The minimum atomic E-state index is -3.63. The molecule has 8 heteroatoms. The van der Waals surface area contributed by atoms with Crippen molar-refractivity contribution in [2.75, 3.05) is 32.8 Å². The Hall–Kier alpha value is -0.960. The smallest absolute Gasteiger partial charge is 0.240 e. The highest BCUT2D eigenvalue weighted by Gasteiger charge is 2.19. The van der Waals surface area contributed by atoms with Crippen LogP contribution in [0.25, 0.3) is 0 Å². The van der Waals surface area contributed by atoms with Crippen molar-refractivity contribution in [3.05, 3.63) is 17.7 Å². The molecule has 0 saturated heterocycles. The number of sulfonamides is 1. The summed E-state index contributed by atoms with van der Waals surface area (Å²) in [5, 5.41) is 9.32. The van der Waals surface area contributed by atoms with Crippen molar-refractivity contribution in [1.29, 1.82) is 0 Å². The Labute approximate surface area is 123 Å². The molecule has 1 rings (SSSR count). The van der Waals surface area contributed by atoms with Crippen molar-refractivity contribution in [2.45, 2.75) is 11.5 Å². The van der Waals surface area contributed by atoms with E-state index in [1.54, 1.807) is 11.8 Å². The Morgan fingerprint density at radius 2 is 2.00 bits per heavy atom. The second kappa shape index (κ2) is 7.72. The molecular weight excluding hydrogens is 302 g/mol. The molecule has 0 aliphatic heterocycles. The van der Waals surface area contributed by atoms with E-state index in [1.807, 2.05) is 6.26 Å². The van der Waals surface area contributed by atoms with Gasteiger partial charge in [-0.15, -0.1) is 0 Å². The number of aliphatic hydroxyl groups is 1. The maximum absolute atomic E-state index is 12.1. The Kier molecular flexibility index (Phi) is 6.60. The Bertz CT molecular complexity index is 520. The lowest BCUT2D eigenvalue weighted by molar-refractivity contribution is 0.269. The molecule has 1 aromatic rings. The molecule has 0 fully saturated rings. The maximum atomic E-state index is 12.1. The normalized spacial score (nSPS) is 11.4. The fourth-order valence-corrected chi connectivity index (χ4v) is 3.18. The van der Waals surface area contributed by atoms with Crippen molar-refractivity contribution >= 4 is 21.8 Å². The van der Waals surface area contributed by atoms with Crippen LogP contribution in [-0.2, 0) is 16.6 Å². The number of benzene rings is 1. The maximum Gasteiger partial charge on any atom is 0.240 e. The van der Waals surface area contributed by atoms with Gasteiger partial charge in [-0.1, -0.05) is 0 Å². The number of rotatable bonds is 8. The van der Waals surface area contributed by atoms with Gasteiger partial charge in [0.25, 0.3) is 0 Å². The molecule has 0 amide bonds. The summed E-state index contributed by atoms with van der Waals surface area (Å²) in [7, 11) is -0.787. The molecule has 114 valence electrons. The van der Waals surface area contributed by atoms with Gasteiger partial charge in [0.1, 0.15) is 0 Å². The van der Waals surface area contributed by atoms with Crippen LogP contribution in [0.3, 0.4) is 0 Å². The topological polar surface area (TPSA) is 84.9 Å². The monoisotopic (exact) mass is 321 g/mol. The summed E-state index contributed by atoms with van der Waals surface area (Å²) in [6, 6.07) is 2.75. The van der Waals surface area contributed by atoms with Gasteiger partial charge < -0.3 is 14.6 Å². The van der Waals surface area contributed by atoms with Crippen LogP contribution in [0, 0.1) is 0 Å². The number of aliphatic hydroxyl groups excluding tert-OH is 1. The third kappa shape index (κ3) is 4.02. The lowest BCUT2D eigenvalue weighted by Crippen LogP contribution is -2.26. The largest absolute Gasteiger partial charge is 0.493 e. The number of thioether (sulfide) groups is 1.